The molecule has 0 aromatic rings. The molecule has 4 heteroatoms. The molecule has 4 nitrogen and oxygen atoms in total. The minimum Gasteiger partial charge on any atom is -0.393 e. The first kappa shape index (κ1) is 15.6. The quantitative estimate of drug-likeness (QED) is 0.777. The van der Waals surface area contributed by atoms with E-state index < -0.39 is 0 Å². The van der Waals surface area contributed by atoms with E-state index in [0.717, 1.165) is 38.6 Å². The lowest BCUT2D eigenvalue weighted by Gasteiger charge is -2.44. The molecule has 116 valence electrons. The Morgan fingerprint density at radius 1 is 1.10 bits per heavy atom. The normalized spacial score (nSPS) is 32.0. The molecule has 3 atom stereocenters. The zero-order valence-corrected chi connectivity index (χ0v) is 13.2. The van der Waals surface area contributed by atoms with Crippen LogP contribution in [0.4, 0.5) is 4.79 Å². The third-order valence-electron chi connectivity index (χ3n) is 4.57. The number of hydrogen-bond acceptors (Lipinski definition) is 2. The Balaban J connectivity index is 2.06. The first-order valence-electron chi connectivity index (χ1n) is 8.15. The van der Waals surface area contributed by atoms with Crippen LogP contribution < -0.4 is 5.32 Å². The molecule has 1 saturated heterocycles. The highest BCUT2D eigenvalue weighted by atomic mass is 16.3. The number of amides is 2. The first-order chi connectivity index (χ1) is 9.38. The van der Waals surface area contributed by atoms with Gasteiger partial charge in [-0.25, -0.2) is 4.79 Å². The maximum atomic E-state index is 12.5. The molecular formula is C16H30N2O2. The Bertz CT molecular complexity index is 338. The summed E-state index contributed by atoms with van der Waals surface area (Å²) in [7, 11) is 0. The third kappa shape index (κ3) is 3.87. The van der Waals surface area contributed by atoms with Crippen molar-refractivity contribution in [3.8, 4) is 0 Å². The standard InChI is InChI=1S/C16H30N2O2/c1-16(2,3)17-15(20)18-11-7-6-9-13(18)12-8-4-5-10-14(12)19/h12-14,19H,4-11H2,1-3H3,(H,17,20). The van der Waals surface area contributed by atoms with Crippen LogP contribution in [0.3, 0.4) is 0 Å². The topological polar surface area (TPSA) is 52.6 Å². The zero-order chi connectivity index (χ0) is 14.8. The zero-order valence-electron chi connectivity index (χ0n) is 13.2. The van der Waals surface area contributed by atoms with Gasteiger partial charge in [0.05, 0.1) is 6.10 Å². The highest BCUT2D eigenvalue weighted by Gasteiger charge is 2.38. The molecule has 2 aliphatic rings. The summed E-state index contributed by atoms with van der Waals surface area (Å²) in [5, 5.41) is 13.4. The molecular weight excluding hydrogens is 252 g/mol. The lowest BCUT2D eigenvalue weighted by atomic mass is 9.78. The second-order valence-electron chi connectivity index (χ2n) is 7.45. The van der Waals surface area contributed by atoms with Gasteiger partial charge in [-0.15, -0.1) is 0 Å². The van der Waals surface area contributed by atoms with Crippen molar-refractivity contribution >= 4 is 6.03 Å². The van der Waals surface area contributed by atoms with Gasteiger partial charge in [-0.3, -0.25) is 0 Å². The molecule has 0 spiro atoms. The maximum Gasteiger partial charge on any atom is 0.318 e. The smallest absolute Gasteiger partial charge is 0.318 e. The number of nitrogens with one attached hydrogen (secondary N) is 1. The van der Waals surface area contributed by atoms with Crippen LogP contribution in [0.25, 0.3) is 0 Å². The molecule has 0 radical (unpaired) electrons. The van der Waals surface area contributed by atoms with E-state index in [9.17, 15) is 9.90 Å². The van der Waals surface area contributed by atoms with Crippen molar-refractivity contribution in [2.24, 2.45) is 5.92 Å². The number of nitrogens with zero attached hydrogens (tertiary/aromatic N) is 1. The second kappa shape index (κ2) is 6.33. The molecule has 2 fully saturated rings. The van der Waals surface area contributed by atoms with E-state index in [1.54, 1.807) is 0 Å². The monoisotopic (exact) mass is 282 g/mol. The van der Waals surface area contributed by atoms with Gasteiger partial charge in [0.1, 0.15) is 0 Å². The predicted octanol–water partition coefficient (Wildman–Crippen LogP) is 2.90. The molecule has 1 saturated carbocycles. The van der Waals surface area contributed by atoms with Gasteiger partial charge in [-0.2, -0.15) is 0 Å². The number of likely N-dealkylation sites (tertiary alicyclic amines) is 1. The van der Waals surface area contributed by atoms with Gasteiger partial charge in [0.2, 0.25) is 0 Å². The SMILES string of the molecule is CC(C)(C)NC(=O)N1CCCCC1C1CCCCC1O. The number of aliphatic hydroxyl groups excluding tert-OH is 1. The summed E-state index contributed by atoms with van der Waals surface area (Å²) in [6.45, 7) is 6.87. The Labute approximate surface area is 122 Å². The van der Waals surface area contributed by atoms with Gasteiger partial charge >= 0.3 is 6.03 Å². The van der Waals surface area contributed by atoms with Gasteiger partial charge in [-0.1, -0.05) is 12.8 Å². The van der Waals surface area contributed by atoms with Crippen molar-refractivity contribution < 1.29 is 9.90 Å². The molecule has 0 bridgehead atoms. The number of carbonyl (C=O) groups excluding carboxylic acids is 1. The van der Waals surface area contributed by atoms with Crippen LogP contribution in [0, 0.1) is 5.92 Å². The predicted molar refractivity (Wildman–Crippen MR) is 80.6 cm³/mol. The van der Waals surface area contributed by atoms with E-state index in [4.69, 9.17) is 0 Å². The Hall–Kier alpha value is -0.770. The van der Waals surface area contributed by atoms with E-state index in [1.165, 1.54) is 12.8 Å². The van der Waals surface area contributed by atoms with Gasteiger partial charge in [0, 0.05) is 24.0 Å². The van der Waals surface area contributed by atoms with Crippen LogP contribution >= 0.6 is 0 Å². The number of rotatable bonds is 1. The van der Waals surface area contributed by atoms with E-state index >= 15 is 0 Å². The summed E-state index contributed by atoms with van der Waals surface area (Å²) in [4.78, 5) is 14.5. The number of urea groups is 1. The highest BCUT2D eigenvalue weighted by Crippen LogP contribution is 2.34. The minimum absolute atomic E-state index is 0.0416. The lowest BCUT2D eigenvalue weighted by Crippen LogP contribution is -2.57. The van der Waals surface area contributed by atoms with Crippen molar-refractivity contribution in [3.63, 3.8) is 0 Å². The molecule has 3 unspecified atom stereocenters. The molecule has 1 aliphatic carbocycles. The lowest BCUT2D eigenvalue weighted by molar-refractivity contribution is 0.00763. The van der Waals surface area contributed by atoms with E-state index in [0.29, 0.717) is 0 Å². The summed E-state index contributed by atoms with van der Waals surface area (Å²) < 4.78 is 0. The maximum absolute atomic E-state index is 12.5. The number of piperidine rings is 1. The molecule has 1 heterocycles. The van der Waals surface area contributed by atoms with Gasteiger partial charge < -0.3 is 15.3 Å². The molecule has 1 aliphatic heterocycles. The van der Waals surface area contributed by atoms with Crippen molar-refractivity contribution in [1.29, 1.82) is 0 Å². The van der Waals surface area contributed by atoms with Crippen LogP contribution in [0.15, 0.2) is 0 Å². The second-order valence-corrected chi connectivity index (χ2v) is 7.45. The average Bonchev–Trinajstić information content (AvgIpc) is 2.37. The minimum atomic E-state index is -0.225. The fourth-order valence-electron chi connectivity index (χ4n) is 3.64. The molecule has 0 aromatic heterocycles. The summed E-state index contributed by atoms with van der Waals surface area (Å²) in [5.41, 5.74) is -0.204. The fraction of sp³-hybridized carbons (Fsp3) is 0.938. The molecule has 0 aromatic carbocycles. The number of carbonyl (C=O) groups is 1. The Morgan fingerprint density at radius 2 is 1.75 bits per heavy atom. The molecule has 2 amide bonds. The van der Waals surface area contributed by atoms with E-state index in [2.05, 4.69) is 5.32 Å². The summed E-state index contributed by atoms with van der Waals surface area (Å²) >= 11 is 0. The Morgan fingerprint density at radius 3 is 2.40 bits per heavy atom. The molecule has 2 N–H and O–H groups in total. The third-order valence-corrected chi connectivity index (χ3v) is 4.57. The molecule has 20 heavy (non-hydrogen) atoms. The summed E-state index contributed by atoms with van der Waals surface area (Å²) in [5.74, 6) is 0.273. The fourth-order valence-corrected chi connectivity index (χ4v) is 3.64. The summed E-state index contributed by atoms with van der Waals surface area (Å²) in [6.07, 6.45) is 7.34. The highest BCUT2D eigenvalue weighted by molar-refractivity contribution is 5.75. The van der Waals surface area contributed by atoms with E-state index in [1.807, 2.05) is 25.7 Å². The molecule has 2 rings (SSSR count). The van der Waals surface area contributed by atoms with Crippen molar-refractivity contribution in [1.82, 2.24) is 10.2 Å². The van der Waals surface area contributed by atoms with Gasteiger partial charge in [0.25, 0.3) is 0 Å². The van der Waals surface area contributed by atoms with Crippen LogP contribution in [-0.4, -0.2) is 40.3 Å². The van der Waals surface area contributed by atoms with Crippen LogP contribution in [0.2, 0.25) is 0 Å². The first-order valence-corrected chi connectivity index (χ1v) is 8.15. The largest absolute Gasteiger partial charge is 0.393 e. The van der Waals surface area contributed by atoms with E-state index in [-0.39, 0.29) is 29.6 Å². The number of aliphatic hydroxyl groups is 1. The van der Waals surface area contributed by atoms with Crippen molar-refractivity contribution in [3.05, 3.63) is 0 Å². The summed E-state index contributed by atoms with van der Waals surface area (Å²) in [6, 6.07) is 0.265. The van der Waals surface area contributed by atoms with Crippen molar-refractivity contribution in [2.75, 3.05) is 6.54 Å². The van der Waals surface area contributed by atoms with Crippen LogP contribution in [0.5, 0.6) is 0 Å². The average molecular weight is 282 g/mol. The Kier molecular flexibility index (Phi) is 4.95. The van der Waals surface area contributed by atoms with Crippen LogP contribution in [0.1, 0.15) is 65.7 Å². The number of hydrogen-bond donors (Lipinski definition) is 2. The van der Waals surface area contributed by atoms with Crippen LogP contribution in [-0.2, 0) is 0 Å². The van der Waals surface area contributed by atoms with Gasteiger partial charge in [0.15, 0.2) is 0 Å². The van der Waals surface area contributed by atoms with Gasteiger partial charge in [-0.05, 0) is 52.9 Å². The van der Waals surface area contributed by atoms with Crippen molar-refractivity contribution in [2.45, 2.75) is 83.4 Å².